The van der Waals surface area contributed by atoms with Crippen LogP contribution in [-0.4, -0.2) is 19.7 Å². The van der Waals surface area contributed by atoms with Crippen LogP contribution >= 0.6 is 0 Å². The maximum absolute atomic E-state index is 13.1. The summed E-state index contributed by atoms with van der Waals surface area (Å²) in [6.45, 7) is 8.20. The zero-order chi connectivity index (χ0) is 13.5. The van der Waals surface area contributed by atoms with Gasteiger partial charge < -0.3 is 10.1 Å². The Bertz CT molecular complexity index is 382. The van der Waals surface area contributed by atoms with E-state index in [0.29, 0.717) is 23.8 Å². The van der Waals surface area contributed by atoms with Gasteiger partial charge in [0.2, 0.25) is 0 Å². The number of aryl methyl sites for hydroxylation is 1. The lowest BCUT2D eigenvalue weighted by Gasteiger charge is -2.15. The second kappa shape index (κ2) is 7.31. The highest BCUT2D eigenvalue weighted by Crippen LogP contribution is 2.21. The molecule has 0 aliphatic rings. The highest BCUT2D eigenvalue weighted by Gasteiger charge is 2.09. The van der Waals surface area contributed by atoms with Gasteiger partial charge >= 0.3 is 0 Å². The van der Waals surface area contributed by atoms with Crippen LogP contribution in [0.5, 0.6) is 5.75 Å². The molecule has 4 heteroatoms. The van der Waals surface area contributed by atoms with Crippen molar-refractivity contribution >= 4 is 0 Å². The molecule has 102 valence electrons. The highest BCUT2D eigenvalue weighted by atomic mass is 19.2. The summed E-state index contributed by atoms with van der Waals surface area (Å²) in [7, 11) is 0. The Morgan fingerprint density at radius 1 is 1.28 bits per heavy atom. The average molecular weight is 257 g/mol. The molecule has 0 spiro atoms. The third-order valence-electron chi connectivity index (χ3n) is 2.66. The van der Waals surface area contributed by atoms with E-state index in [9.17, 15) is 8.78 Å². The summed E-state index contributed by atoms with van der Waals surface area (Å²) in [5, 5.41) is 3.29. The van der Waals surface area contributed by atoms with Crippen LogP contribution in [-0.2, 0) is 0 Å². The van der Waals surface area contributed by atoms with E-state index >= 15 is 0 Å². The van der Waals surface area contributed by atoms with Crippen molar-refractivity contribution in [1.82, 2.24) is 5.32 Å². The summed E-state index contributed by atoms with van der Waals surface area (Å²) < 4.78 is 31.5. The molecule has 1 N–H and O–H groups in total. The van der Waals surface area contributed by atoms with Crippen LogP contribution in [0.3, 0.4) is 0 Å². The van der Waals surface area contributed by atoms with Gasteiger partial charge in [0.15, 0.2) is 11.6 Å². The average Bonchev–Trinajstić information content (AvgIpc) is 2.32. The van der Waals surface area contributed by atoms with E-state index in [1.807, 2.05) is 0 Å². The van der Waals surface area contributed by atoms with Crippen molar-refractivity contribution in [3.63, 3.8) is 0 Å². The Hall–Kier alpha value is -1.16. The number of rotatable bonds is 7. The normalized spacial score (nSPS) is 12.5. The molecule has 18 heavy (non-hydrogen) atoms. The molecule has 1 aromatic rings. The molecule has 1 aromatic carbocycles. The van der Waals surface area contributed by atoms with Gasteiger partial charge in [-0.3, -0.25) is 0 Å². The zero-order valence-corrected chi connectivity index (χ0v) is 11.2. The molecule has 0 amide bonds. The number of nitrogens with one attached hydrogen (secondary N) is 1. The zero-order valence-electron chi connectivity index (χ0n) is 11.2. The Labute approximate surface area is 107 Å². The van der Waals surface area contributed by atoms with Crippen LogP contribution in [0.25, 0.3) is 0 Å². The molecule has 1 atom stereocenters. The van der Waals surface area contributed by atoms with Gasteiger partial charge in [0.25, 0.3) is 0 Å². The van der Waals surface area contributed by atoms with E-state index in [1.54, 1.807) is 6.92 Å². The van der Waals surface area contributed by atoms with Gasteiger partial charge in [-0.05, 0) is 31.5 Å². The Morgan fingerprint density at radius 2 is 1.94 bits per heavy atom. The van der Waals surface area contributed by atoms with Crippen LogP contribution in [0.15, 0.2) is 12.1 Å². The summed E-state index contributed by atoms with van der Waals surface area (Å²) in [5.74, 6) is -0.967. The summed E-state index contributed by atoms with van der Waals surface area (Å²) >= 11 is 0. The molecule has 0 saturated carbocycles. The maximum Gasteiger partial charge on any atom is 0.162 e. The van der Waals surface area contributed by atoms with E-state index in [4.69, 9.17) is 4.74 Å². The minimum atomic E-state index is -0.868. The lowest BCUT2D eigenvalue weighted by Crippen LogP contribution is -2.25. The first-order chi connectivity index (χ1) is 8.54. The van der Waals surface area contributed by atoms with Gasteiger partial charge in [-0.1, -0.05) is 13.8 Å². The van der Waals surface area contributed by atoms with Gasteiger partial charge in [0, 0.05) is 18.5 Å². The van der Waals surface area contributed by atoms with E-state index in [1.165, 1.54) is 0 Å². The van der Waals surface area contributed by atoms with Crippen molar-refractivity contribution < 1.29 is 13.5 Å². The number of halogens is 2. The maximum atomic E-state index is 13.1. The minimum absolute atomic E-state index is 0.323. The van der Waals surface area contributed by atoms with Crippen LogP contribution < -0.4 is 10.1 Å². The molecule has 0 heterocycles. The van der Waals surface area contributed by atoms with Crippen molar-refractivity contribution in [2.75, 3.05) is 19.7 Å². The van der Waals surface area contributed by atoms with Crippen LogP contribution in [0.4, 0.5) is 8.78 Å². The van der Waals surface area contributed by atoms with E-state index < -0.39 is 11.6 Å². The summed E-state index contributed by atoms with van der Waals surface area (Å²) in [6, 6.07) is 2.27. The second-order valence-electron chi connectivity index (χ2n) is 4.65. The molecular formula is C14H21F2NO. The molecule has 0 fully saturated rings. The van der Waals surface area contributed by atoms with Crippen molar-refractivity contribution in [2.45, 2.75) is 27.2 Å². The molecule has 0 saturated heterocycles. The SMILES string of the molecule is CCCNCC(C)COc1cc(F)c(F)cc1C. The van der Waals surface area contributed by atoms with E-state index in [0.717, 1.165) is 31.6 Å². The van der Waals surface area contributed by atoms with Gasteiger partial charge in [-0.2, -0.15) is 0 Å². The first-order valence-corrected chi connectivity index (χ1v) is 6.33. The summed E-state index contributed by atoms with van der Waals surface area (Å²) in [6.07, 6.45) is 1.09. The predicted octanol–water partition coefficient (Wildman–Crippen LogP) is 3.29. The molecule has 0 bridgehead atoms. The van der Waals surface area contributed by atoms with Crippen LogP contribution in [0.2, 0.25) is 0 Å². The van der Waals surface area contributed by atoms with Gasteiger partial charge in [0.1, 0.15) is 5.75 Å². The van der Waals surface area contributed by atoms with Crippen LogP contribution in [0.1, 0.15) is 25.8 Å². The Morgan fingerprint density at radius 3 is 2.61 bits per heavy atom. The Balaban J connectivity index is 2.45. The molecule has 0 aromatic heterocycles. The molecular weight excluding hydrogens is 236 g/mol. The fourth-order valence-corrected chi connectivity index (χ4v) is 1.60. The van der Waals surface area contributed by atoms with Crippen molar-refractivity contribution in [2.24, 2.45) is 5.92 Å². The molecule has 2 nitrogen and oxygen atoms in total. The lowest BCUT2D eigenvalue weighted by atomic mass is 10.2. The van der Waals surface area contributed by atoms with Crippen molar-refractivity contribution in [3.05, 3.63) is 29.3 Å². The summed E-state index contributed by atoms with van der Waals surface area (Å²) in [5.41, 5.74) is 0.614. The van der Waals surface area contributed by atoms with Crippen LogP contribution in [0, 0.1) is 24.5 Å². The van der Waals surface area contributed by atoms with Gasteiger partial charge in [-0.25, -0.2) is 8.78 Å². The quantitative estimate of drug-likeness (QED) is 0.757. The second-order valence-corrected chi connectivity index (χ2v) is 4.65. The first-order valence-electron chi connectivity index (χ1n) is 6.33. The van der Waals surface area contributed by atoms with Gasteiger partial charge in [0.05, 0.1) is 6.61 Å². The summed E-state index contributed by atoms with van der Waals surface area (Å²) in [4.78, 5) is 0. The lowest BCUT2D eigenvalue weighted by molar-refractivity contribution is 0.252. The number of hydrogen-bond donors (Lipinski definition) is 1. The van der Waals surface area contributed by atoms with Gasteiger partial charge in [-0.15, -0.1) is 0 Å². The largest absolute Gasteiger partial charge is 0.493 e. The Kier molecular flexibility index (Phi) is 6.05. The molecule has 1 unspecified atom stereocenters. The van der Waals surface area contributed by atoms with E-state index in [2.05, 4.69) is 19.2 Å². The number of hydrogen-bond acceptors (Lipinski definition) is 2. The van der Waals surface area contributed by atoms with Crippen molar-refractivity contribution in [1.29, 1.82) is 0 Å². The number of benzene rings is 1. The monoisotopic (exact) mass is 257 g/mol. The molecule has 0 radical (unpaired) electrons. The van der Waals surface area contributed by atoms with Crippen molar-refractivity contribution in [3.8, 4) is 5.75 Å². The molecule has 1 rings (SSSR count). The standard InChI is InChI=1S/C14H21F2NO/c1-4-5-17-8-10(2)9-18-14-7-13(16)12(15)6-11(14)3/h6-7,10,17H,4-5,8-9H2,1-3H3. The predicted molar refractivity (Wildman–Crippen MR) is 68.9 cm³/mol. The smallest absolute Gasteiger partial charge is 0.162 e. The first kappa shape index (κ1) is 14.9. The third kappa shape index (κ3) is 4.61. The van der Waals surface area contributed by atoms with E-state index in [-0.39, 0.29) is 0 Å². The fraction of sp³-hybridized carbons (Fsp3) is 0.571. The molecule has 0 aliphatic carbocycles. The number of ether oxygens (including phenoxy) is 1. The highest BCUT2D eigenvalue weighted by molar-refractivity contribution is 5.33. The third-order valence-corrected chi connectivity index (χ3v) is 2.66. The molecule has 0 aliphatic heterocycles. The minimum Gasteiger partial charge on any atom is -0.493 e. The topological polar surface area (TPSA) is 21.3 Å². The fourth-order valence-electron chi connectivity index (χ4n) is 1.60.